The van der Waals surface area contributed by atoms with E-state index in [1.807, 2.05) is 25.1 Å². The number of halogens is 1. The predicted octanol–water partition coefficient (Wildman–Crippen LogP) is 3.07. The lowest BCUT2D eigenvalue weighted by atomic mass is 10.1. The number of carbonyl (C=O) groups is 1. The Kier molecular flexibility index (Phi) is 6.67. The highest BCUT2D eigenvalue weighted by Crippen LogP contribution is 2.19. The van der Waals surface area contributed by atoms with Crippen LogP contribution in [0, 0.1) is 6.92 Å². The van der Waals surface area contributed by atoms with E-state index in [-0.39, 0.29) is 12.0 Å². The standard InChI is InChI=1S/C16H22BrNO3/c1-12-14(6-2-7-15(12)17)16(19)18-8-4-9-20-11-13-5-3-10-21-13/h2,6-7,13H,3-5,8-11H2,1H3,(H,18,19). The van der Waals surface area contributed by atoms with Crippen LogP contribution in [0.2, 0.25) is 0 Å². The molecule has 1 aliphatic rings. The highest BCUT2D eigenvalue weighted by Gasteiger charge is 2.15. The Morgan fingerprint density at radius 1 is 1.52 bits per heavy atom. The van der Waals surface area contributed by atoms with Crippen molar-refractivity contribution in [1.82, 2.24) is 5.32 Å². The van der Waals surface area contributed by atoms with Crippen molar-refractivity contribution in [2.24, 2.45) is 0 Å². The first kappa shape index (κ1) is 16.5. The van der Waals surface area contributed by atoms with Gasteiger partial charge in [0, 0.05) is 29.8 Å². The van der Waals surface area contributed by atoms with E-state index in [4.69, 9.17) is 9.47 Å². The van der Waals surface area contributed by atoms with Gasteiger partial charge in [0.05, 0.1) is 12.7 Å². The Balaban J connectivity index is 1.61. The van der Waals surface area contributed by atoms with Gasteiger partial charge in [-0.2, -0.15) is 0 Å². The molecule has 1 heterocycles. The van der Waals surface area contributed by atoms with Crippen molar-refractivity contribution in [1.29, 1.82) is 0 Å². The Bertz CT molecular complexity index is 473. The van der Waals surface area contributed by atoms with Crippen molar-refractivity contribution < 1.29 is 14.3 Å². The molecular weight excluding hydrogens is 334 g/mol. The first-order valence-electron chi connectivity index (χ1n) is 7.41. The molecular formula is C16H22BrNO3. The van der Waals surface area contributed by atoms with Gasteiger partial charge < -0.3 is 14.8 Å². The molecule has 0 radical (unpaired) electrons. The molecule has 4 nitrogen and oxygen atoms in total. The van der Waals surface area contributed by atoms with Crippen LogP contribution in [0.15, 0.2) is 22.7 Å². The number of amides is 1. The first-order chi connectivity index (χ1) is 10.2. The van der Waals surface area contributed by atoms with Gasteiger partial charge >= 0.3 is 0 Å². The fourth-order valence-corrected chi connectivity index (χ4v) is 2.68. The molecule has 0 bridgehead atoms. The van der Waals surface area contributed by atoms with Crippen LogP contribution in [-0.2, 0) is 9.47 Å². The highest BCUT2D eigenvalue weighted by molar-refractivity contribution is 9.10. The van der Waals surface area contributed by atoms with Crippen LogP contribution in [0.3, 0.4) is 0 Å². The smallest absolute Gasteiger partial charge is 0.251 e. The van der Waals surface area contributed by atoms with Gasteiger partial charge in [0.1, 0.15) is 0 Å². The van der Waals surface area contributed by atoms with Crippen LogP contribution < -0.4 is 5.32 Å². The van der Waals surface area contributed by atoms with Crippen LogP contribution in [0.5, 0.6) is 0 Å². The van der Waals surface area contributed by atoms with Crippen LogP contribution in [0.1, 0.15) is 35.2 Å². The van der Waals surface area contributed by atoms with Crippen LogP contribution in [0.4, 0.5) is 0 Å². The van der Waals surface area contributed by atoms with Crippen LogP contribution >= 0.6 is 15.9 Å². The fourth-order valence-electron chi connectivity index (χ4n) is 2.32. The van der Waals surface area contributed by atoms with Crippen molar-refractivity contribution in [2.75, 3.05) is 26.4 Å². The topological polar surface area (TPSA) is 47.6 Å². The van der Waals surface area contributed by atoms with E-state index in [0.29, 0.717) is 25.3 Å². The van der Waals surface area contributed by atoms with Gasteiger partial charge in [-0.15, -0.1) is 0 Å². The van der Waals surface area contributed by atoms with E-state index < -0.39 is 0 Å². The third-order valence-electron chi connectivity index (χ3n) is 3.59. The monoisotopic (exact) mass is 355 g/mol. The molecule has 5 heteroatoms. The molecule has 1 aliphatic heterocycles. The van der Waals surface area contributed by atoms with E-state index in [2.05, 4.69) is 21.2 Å². The third kappa shape index (κ3) is 5.09. The molecule has 0 spiro atoms. The molecule has 0 saturated carbocycles. The SMILES string of the molecule is Cc1c(Br)cccc1C(=O)NCCCOCC1CCCO1. The second-order valence-electron chi connectivity index (χ2n) is 5.23. The highest BCUT2D eigenvalue weighted by atomic mass is 79.9. The van der Waals surface area contributed by atoms with E-state index in [9.17, 15) is 4.79 Å². The fraction of sp³-hybridized carbons (Fsp3) is 0.562. The summed E-state index contributed by atoms with van der Waals surface area (Å²) in [5.74, 6) is -0.0343. The third-order valence-corrected chi connectivity index (χ3v) is 4.45. The maximum absolute atomic E-state index is 12.1. The number of nitrogens with one attached hydrogen (secondary N) is 1. The lowest BCUT2D eigenvalue weighted by Crippen LogP contribution is -2.26. The lowest BCUT2D eigenvalue weighted by molar-refractivity contribution is 0.0166. The zero-order chi connectivity index (χ0) is 15.1. The van der Waals surface area contributed by atoms with E-state index in [1.165, 1.54) is 0 Å². The summed E-state index contributed by atoms with van der Waals surface area (Å²) in [5, 5.41) is 2.92. The Morgan fingerprint density at radius 3 is 3.14 bits per heavy atom. The summed E-state index contributed by atoms with van der Waals surface area (Å²) in [7, 11) is 0. The van der Waals surface area contributed by atoms with Gasteiger partial charge in [-0.3, -0.25) is 4.79 Å². The molecule has 1 unspecified atom stereocenters. The number of benzene rings is 1. The van der Waals surface area contributed by atoms with E-state index in [0.717, 1.165) is 35.9 Å². The van der Waals surface area contributed by atoms with Crippen LogP contribution in [-0.4, -0.2) is 38.4 Å². The van der Waals surface area contributed by atoms with E-state index in [1.54, 1.807) is 0 Å². The average Bonchev–Trinajstić information content (AvgIpc) is 2.98. The zero-order valence-corrected chi connectivity index (χ0v) is 13.9. The molecule has 2 rings (SSSR count). The quantitative estimate of drug-likeness (QED) is 0.764. The summed E-state index contributed by atoms with van der Waals surface area (Å²) in [6.07, 6.45) is 3.31. The molecule has 21 heavy (non-hydrogen) atoms. The normalized spacial score (nSPS) is 17.9. The van der Waals surface area contributed by atoms with E-state index >= 15 is 0 Å². The largest absolute Gasteiger partial charge is 0.379 e. The summed E-state index contributed by atoms with van der Waals surface area (Å²) in [5.41, 5.74) is 1.68. The number of hydrogen-bond acceptors (Lipinski definition) is 3. The zero-order valence-electron chi connectivity index (χ0n) is 12.4. The minimum Gasteiger partial charge on any atom is -0.379 e. The van der Waals surface area contributed by atoms with Gasteiger partial charge in [-0.1, -0.05) is 22.0 Å². The number of hydrogen-bond donors (Lipinski definition) is 1. The minimum absolute atomic E-state index is 0.0343. The average molecular weight is 356 g/mol. The molecule has 1 aromatic rings. The van der Waals surface area contributed by atoms with Gasteiger partial charge in [-0.25, -0.2) is 0 Å². The molecule has 116 valence electrons. The molecule has 1 fully saturated rings. The van der Waals surface area contributed by atoms with Crippen molar-refractivity contribution in [3.05, 3.63) is 33.8 Å². The molecule has 0 aliphatic carbocycles. The summed E-state index contributed by atoms with van der Waals surface area (Å²) < 4.78 is 12.0. The maximum Gasteiger partial charge on any atom is 0.251 e. The molecule has 1 saturated heterocycles. The van der Waals surface area contributed by atoms with Crippen molar-refractivity contribution in [3.63, 3.8) is 0 Å². The van der Waals surface area contributed by atoms with Crippen molar-refractivity contribution in [3.8, 4) is 0 Å². The number of rotatable bonds is 7. The molecule has 1 aromatic carbocycles. The first-order valence-corrected chi connectivity index (χ1v) is 8.20. The van der Waals surface area contributed by atoms with Crippen molar-refractivity contribution >= 4 is 21.8 Å². The molecule has 1 N–H and O–H groups in total. The predicted molar refractivity (Wildman–Crippen MR) is 85.6 cm³/mol. The Morgan fingerprint density at radius 2 is 2.38 bits per heavy atom. The second-order valence-corrected chi connectivity index (χ2v) is 6.09. The van der Waals surface area contributed by atoms with Crippen LogP contribution in [0.25, 0.3) is 0 Å². The summed E-state index contributed by atoms with van der Waals surface area (Å²) in [4.78, 5) is 12.1. The van der Waals surface area contributed by atoms with Gasteiger partial charge in [0.2, 0.25) is 0 Å². The molecule has 0 aromatic heterocycles. The van der Waals surface area contributed by atoms with Gasteiger partial charge in [0.25, 0.3) is 5.91 Å². The van der Waals surface area contributed by atoms with Gasteiger partial charge in [0.15, 0.2) is 0 Å². The lowest BCUT2D eigenvalue weighted by Gasteiger charge is -2.11. The Labute approximate surface area is 134 Å². The minimum atomic E-state index is -0.0343. The van der Waals surface area contributed by atoms with Crippen molar-refractivity contribution in [2.45, 2.75) is 32.3 Å². The number of carbonyl (C=O) groups excluding carboxylic acids is 1. The second kappa shape index (κ2) is 8.51. The maximum atomic E-state index is 12.1. The summed E-state index contributed by atoms with van der Waals surface area (Å²) in [6.45, 7) is 4.73. The number of ether oxygens (including phenoxy) is 2. The summed E-state index contributed by atoms with van der Waals surface area (Å²) in [6, 6.07) is 5.64. The Hall–Kier alpha value is -0.910. The summed E-state index contributed by atoms with van der Waals surface area (Å²) >= 11 is 3.44. The van der Waals surface area contributed by atoms with Gasteiger partial charge in [-0.05, 0) is 43.9 Å². The molecule has 1 amide bonds. The molecule has 1 atom stereocenters.